The minimum Gasteiger partial charge on any atom is -0.398 e. The third-order valence-electron chi connectivity index (χ3n) is 4.48. The van der Waals surface area contributed by atoms with Crippen LogP contribution in [-0.4, -0.2) is 10.1 Å². The molecule has 1 aromatic heterocycles. The van der Waals surface area contributed by atoms with E-state index in [2.05, 4.69) is 33.0 Å². The zero-order valence-corrected chi connectivity index (χ0v) is 13.8. The second-order valence-electron chi connectivity index (χ2n) is 5.82. The lowest BCUT2D eigenvalue weighted by molar-refractivity contribution is 0.305. The van der Waals surface area contributed by atoms with E-state index in [1.54, 1.807) is 0 Å². The number of benzene rings is 1. The third-order valence-corrected chi connectivity index (χ3v) is 5.17. The van der Waals surface area contributed by atoms with Gasteiger partial charge in [-0.3, -0.25) is 0 Å². The molecule has 0 atom stereocenters. The lowest BCUT2D eigenvalue weighted by Gasteiger charge is -2.25. The van der Waals surface area contributed by atoms with Crippen molar-refractivity contribution in [2.75, 3.05) is 5.73 Å². The maximum atomic E-state index is 5.80. The maximum absolute atomic E-state index is 5.80. The summed E-state index contributed by atoms with van der Waals surface area (Å²) in [7, 11) is 0. The summed E-state index contributed by atoms with van der Waals surface area (Å²) in [6, 6.07) is 5.67. The van der Waals surface area contributed by atoms with E-state index in [4.69, 9.17) is 10.3 Å². The highest BCUT2D eigenvalue weighted by molar-refractivity contribution is 9.10. The number of rotatable bonds is 3. The molecule has 1 aliphatic carbocycles. The molecule has 0 aliphatic heterocycles. The van der Waals surface area contributed by atoms with Gasteiger partial charge in [-0.05, 0) is 65.7 Å². The van der Waals surface area contributed by atoms with Crippen LogP contribution in [0.15, 0.2) is 27.2 Å². The number of hydrogen-bond acceptors (Lipinski definition) is 4. The molecule has 0 bridgehead atoms. The van der Waals surface area contributed by atoms with Crippen LogP contribution in [0.1, 0.15) is 50.8 Å². The molecule has 1 heterocycles. The molecule has 0 radical (unpaired) electrons. The van der Waals surface area contributed by atoms with Gasteiger partial charge in [0.1, 0.15) is 0 Å². The molecule has 21 heavy (non-hydrogen) atoms. The van der Waals surface area contributed by atoms with Crippen LogP contribution in [0, 0.1) is 5.92 Å². The van der Waals surface area contributed by atoms with Crippen LogP contribution in [0.25, 0.3) is 11.5 Å². The van der Waals surface area contributed by atoms with E-state index < -0.39 is 0 Å². The molecule has 4 nitrogen and oxygen atoms in total. The van der Waals surface area contributed by atoms with E-state index in [9.17, 15) is 0 Å². The molecule has 112 valence electrons. The van der Waals surface area contributed by atoms with Crippen LogP contribution >= 0.6 is 15.9 Å². The van der Waals surface area contributed by atoms with Gasteiger partial charge in [-0.2, -0.15) is 4.98 Å². The minimum atomic E-state index is 0.447. The number of anilines is 1. The summed E-state index contributed by atoms with van der Waals surface area (Å²) in [5, 5.41) is 4.19. The summed E-state index contributed by atoms with van der Waals surface area (Å²) >= 11 is 3.43. The van der Waals surface area contributed by atoms with Gasteiger partial charge in [0.05, 0.1) is 0 Å². The molecule has 3 rings (SSSR count). The normalized spacial score (nSPS) is 22.4. The standard InChI is InChI=1S/C16H20BrN3O/c1-2-10-3-5-11(6-4-10)15-19-16(21-20-15)12-7-8-14(18)13(17)9-12/h7-11H,2-6,18H2,1H3. The quantitative estimate of drug-likeness (QED) is 0.810. The first kappa shape index (κ1) is 14.6. The zero-order valence-electron chi connectivity index (χ0n) is 12.2. The number of nitrogens with two attached hydrogens (primary N) is 1. The minimum absolute atomic E-state index is 0.447. The highest BCUT2D eigenvalue weighted by Crippen LogP contribution is 2.36. The van der Waals surface area contributed by atoms with Gasteiger partial charge in [0.25, 0.3) is 5.89 Å². The first-order valence-electron chi connectivity index (χ1n) is 7.56. The van der Waals surface area contributed by atoms with Gasteiger partial charge in [0.15, 0.2) is 5.82 Å². The van der Waals surface area contributed by atoms with Gasteiger partial charge < -0.3 is 10.3 Å². The summed E-state index contributed by atoms with van der Waals surface area (Å²) in [5.74, 6) is 2.75. The van der Waals surface area contributed by atoms with E-state index in [1.165, 1.54) is 32.1 Å². The smallest absolute Gasteiger partial charge is 0.257 e. The average Bonchev–Trinajstić information content (AvgIpc) is 3.00. The molecule has 1 fully saturated rings. The van der Waals surface area contributed by atoms with Crippen molar-refractivity contribution in [2.24, 2.45) is 5.92 Å². The monoisotopic (exact) mass is 349 g/mol. The molecule has 2 N–H and O–H groups in total. The average molecular weight is 350 g/mol. The van der Waals surface area contributed by atoms with Crippen molar-refractivity contribution in [3.63, 3.8) is 0 Å². The predicted octanol–water partition coefficient (Wildman–Crippen LogP) is 4.77. The second kappa shape index (κ2) is 6.18. The van der Waals surface area contributed by atoms with Crippen LogP contribution < -0.4 is 5.73 Å². The van der Waals surface area contributed by atoms with Crippen LogP contribution in [0.4, 0.5) is 5.69 Å². The molecule has 0 amide bonds. The Morgan fingerprint density at radius 2 is 2.05 bits per heavy atom. The van der Waals surface area contributed by atoms with Crippen LogP contribution in [0.5, 0.6) is 0 Å². The fourth-order valence-electron chi connectivity index (χ4n) is 3.01. The predicted molar refractivity (Wildman–Crippen MR) is 86.8 cm³/mol. The van der Waals surface area contributed by atoms with E-state index in [1.807, 2.05) is 18.2 Å². The molecule has 0 unspecified atom stereocenters. The molecule has 0 spiro atoms. The van der Waals surface area contributed by atoms with Crippen molar-refractivity contribution in [1.82, 2.24) is 10.1 Å². The van der Waals surface area contributed by atoms with Gasteiger partial charge in [-0.25, -0.2) is 0 Å². The van der Waals surface area contributed by atoms with Crippen molar-refractivity contribution >= 4 is 21.6 Å². The lowest BCUT2D eigenvalue weighted by atomic mass is 9.80. The topological polar surface area (TPSA) is 64.9 Å². The van der Waals surface area contributed by atoms with E-state index in [0.29, 0.717) is 17.5 Å². The van der Waals surface area contributed by atoms with Crippen molar-refractivity contribution < 1.29 is 4.52 Å². The number of nitrogens with zero attached hydrogens (tertiary/aromatic N) is 2. The number of aromatic nitrogens is 2. The lowest BCUT2D eigenvalue weighted by Crippen LogP contribution is -2.13. The zero-order chi connectivity index (χ0) is 14.8. The number of halogens is 1. The highest BCUT2D eigenvalue weighted by Gasteiger charge is 2.25. The Morgan fingerprint density at radius 1 is 1.29 bits per heavy atom. The molecule has 0 saturated heterocycles. The Labute approximate surface area is 133 Å². The Morgan fingerprint density at radius 3 is 2.71 bits per heavy atom. The fourth-order valence-corrected chi connectivity index (χ4v) is 3.39. The van der Waals surface area contributed by atoms with Crippen molar-refractivity contribution in [3.05, 3.63) is 28.5 Å². The summed E-state index contributed by atoms with van der Waals surface area (Å²) in [6.07, 6.45) is 6.17. The summed E-state index contributed by atoms with van der Waals surface area (Å²) in [5.41, 5.74) is 7.41. The van der Waals surface area contributed by atoms with Gasteiger partial charge in [-0.15, -0.1) is 0 Å². The Balaban J connectivity index is 1.76. The molecular weight excluding hydrogens is 330 g/mol. The van der Waals surface area contributed by atoms with E-state index in [-0.39, 0.29) is 0 Å². The molecule has 1 aromatic carbocycles. The van der Waals surface area contributed by atoms with Gasteiger partial charge in [0.2, 0.25) is 0 Å². The Bertz CT molecular complexity index is 618. The van der Waals surface area contributed by atoms with Crippen molar-refractivity contribution in [3.8, 4) is 11.5 Å². The first-order valence-corrected chi connectivity index (χ1v) is 8.35. The Kier molecular flexibility index (Phi) is 4.29. The van der Waals surface area contributed by atoms with Gasteiger partial charge in [0, 0.05) is 21.6 Å². The van der Waals surface area contributed by atoms with Crippen LogP contribution in [-0.2, 0) is 0 Å². The molecule has 5 heteroatoms. The number of hydrogen-bond donors (Lipinski definition) is 1. The first-order chi connectivity index (χ1) is 10.2. The van der Waals surface area contributed by atoms with Crippen LogP contribution in [0.3, 0.4) is 0 Å². The van der Waals surface area contributed by atoms with Crippen molar-refractivity contribution in [1.29, 1.82) is 0 Å². The van der Waals surface area contributed by atoms with E-state index in [0.717, 1.165) is 21.8 Å². The highest BCUT2D eigenvalue weighted by atomic mass is 79.9. The van der Waals surface area contributed by atoms with E-state index >= 15 is 0 Å². The summed E-state index contributed by atoms with van der Waals surface area (Å²) < 4.78 is 6.28. The third kappa shape index (κ3) is 3.12. The molecule has 1 aliphatic rings. The fraction of sp³-hybridized carbons (Fsp3) is 0.500. The molecule has 1 saturated carbocycles. The summed E-state index contributed by atoms with van der Waals surface area (Å²) in [6.45, 7) is 2.27. The molecule has 2 aromatic rings. The molecular formula is C16H20BrN3O. The Hall–Kier alpha value is -1.36. The largest absolute Gasteiger partial charge is 0.398 e. The SMILES string of the molecule is CCC1CCC(c2noc(-c3ccc(N)c(Br)c3)n2)CC1. The van der Waals surface area contributed by atoms with Crippen molar-refractivity contribution in [2.45, 2.75) is 44.9 Å². The van der Waals surface area contributed by atoms with Gasteiger partial charge >= 0.3 is 0 Å². The summed E-state index contributed by atoms with van der Waals surface area (Å²) in [4.78, 5) is 4.59. The maximum Gasteiger partial charge on any atom is 0.257 e. The van der Waals surface area contributed by atoms with Crippen LogP contribution in [0.2, 0.25) is 0 Å². The number of nitrogen functional groups attached to an aromatic ring is 1. The second-order valence-corrected chi connectivity index (χ2v) is 6.67. The van der Waals surface area contributed by atoms with Gasteiger partial charge in [-0.1, -0.05) is 18.5 Å².